The van der Waals surface area contributed by atoms with Gasteiger partial charge in [-0.2, -0.15) is 0 Å². The Morgan fingerprint density at radius 2 is 1.54 bits per heavy atom. The van der Waals surface area contributed by atoms with E-state index in [-0.39, 0.29) is 0 Å². The van der Waals surface area contributed by atoms with Crippen molar-refractivity contribution in [2.24, 2.45) is 0 Å². The molecule has 0 amide bonds. The van der Waals surface area contributed by atoms with Crippen molar-refractivity contribution >= 4 is 38.1 Å². The van der Waals surface area contributed by atoms with E-state index in [9.17, 15) is 0 Å². The van der Waals surface area contributed by atoms with Crippen molar-refractivity contribution in [3.63, 3.8) is 0 Å². The van der Waals surface area contributed by atoms with Crippen molar-refractivity contribution in [1.82, 2.24) is 4.90 Å². The van der Waals surface area contributed by atoms with E-state index in [1.54, 1.807) is 0 Å². The Kier molecular flexibility index (Phi) is 6.49. The minimum absolute atomic E-state index is 1.18. The zero-order valence-corrected chi connectivity index (χ0v) is 14.9. The summed E-state index contributed by atoms with van der Waals surface area (Å²) in [5.41, 5.74) is 0. The van der Waals surface area contributed by atoms with Gasteiger partial charge in [-0.05, 0) is 0 Å². The van der Waals surface area contributed by atoms with Crippen molar-refractivity contribution in [2.45, 2.75) is 34.4 Å². The van der Waals surface area contributed by atoms with E-state index in [1.807, 2.05) is 0 Å². The third kappa shape index (κ3) is 10.0. The second-order valence-corrected chi connectivity index (χ2v) is 54.1. The first kappa shape index (κ1) is 14.7. The summed E-state index contributed by atoms with van der Waals surface area (Å²) in [5.74, 6) is 0. The Morgan fingerprint density at radius 1 is 1.08 bits per heavy atom. The molecule has 0 N–H and O–H groups in total. The van der Waals surface area contributed by atoms with E-state index in [0.29, 0.717) is 0 Å². The molecule has 0 unspecified atom stereocenters. The van der Waals surface area contributed by atoms with E-state index in [0.717, 1.165) is 0 Å². The normalized spacial score (nSPS) is 15.8. The Balaban J connectivity index is 3.68. The summed E-state index contributed by atoms with van der Waals surface area (Å²) in [7, 11) is 0. The number of nitrogens with zero attached hydrogens (tertiary/aromatic N) is 1. The van der Waals surface area contributed by atoms with Crippen LogP contribution in [-0.2, 0) is 0 Å². The zero-order chi connectivity index (χ0) is 10.6. The molecule has 0 aromatic rings. The van der Waals surface area contributed by atoms with Gasteiger partial charge in [0, 0.05) is 0 Å². The van der Waals surface area contributed by atoms with Crippen LogP contribution in [0.5, 0.6) is 0 Å². The summed E-state index contributed by atoms with van der Waals surface area (Å²) in [6, 6.07) is 0. The SMILES string of the molecule is CCN(CC)CC[CH2][Sb]([CH3])([CH3])([Br])[Br]. The molecule has 0 aromatic heterocycles. The number of hydrogen-bond donors (Lipinski definition) is 0. The maximum atomic E-state index is 3.88. The molecule has 0 saturated carbocycles. The van der Waals surface area contributed by atoms with Crippen LogP contribution >= 0.6 is 25.2 Å². The van der Waals surface area contributed by atoms with Crippen molar-refractivity contribution in [1.29, 1.82) is 0 Å². The first-order valence-corrected chi connectivity index (χ1v) is 23.3. The molecule has 0 radical (unpaired) electrons. The average Bonchev–Trinajstić information content (AvgIpc) is 1.95. The van der Waals surface area contributed by atoms with E-state index >= 15 is 0 Å². The van der Waals surface area contributed by atoms with Gasteiger partial charge in [-0.1, -0.05) is 0 Å². The monoisotopic (exact) mass is 423 g/mol. The van der Waals surface area contributed by atoms with Gasteiger partial charge in [0.1, 0.15) is 0 Å². The van der Waals surface area contributed by atoms with Crippen LogP contribution in [0.4, 0.5) is 0 Å². The Bertz CT molecular complexity index is 140. The van der Waals surface area contributed by atoms with Crippen LogP contribution in [0, 0.1) is 0 Å². The molecule has 0 atom stereocenters. The van der Waals surface area contributed by atoms with Crippen LogP contribution in [0.1, 0.15) is 20.3 Å². The fraction of sp³-hybridized carbons (Fsp3) is 1.00. The molecule has 0 aliphatic rings. The molecule has 0 aromatic carbocycles. The fourth-order valence-electron chi connectivity index (χ4n) is 1.27. The van der Waals surface area contributed by atoms with Gasteiger partial charge in [0.05, 0.1) is 0 Å². The maximum absolute atomic E-state index is 3.88. The summed E-state index contributed by atoms with van der Waals surface area (Å²) >= 11 is 5.42. The Morgan fingerprint density at radius 3 is 1.85 bits per heavy atom. The van der Waals surface area contributed by atoms with Gasteiger partial charge in [0.2, 0.25) is 0 Å². The number of halogens is 2. The molecule has 0 aliphatic carbocycles. The van der Waals surface area contributed by atoms with Crippen molar-refractivity contribution in [2.75, 3.05) is 19.6 Å². The quantitative estimate of drug-likeness (QED) is 0.577. The predicted octanol–water partition coefficient (Wildman–Crippen LogP) is 4.16. The molecule has 1 nitrogen and oxygen atoms in total. The summed E-state index contributed by atoms with van der Waals surface area (Å²) < 4.78 is 1.34. The van der Waals surface area contributed by atoms with E-state index in [2.05, 4.69) is 53.7 Å². The molecule has 0 aliphatic heterocycles. The third-order valence-corrected chi connectivity index (χ3v) is 11.3. The summed E-state index contributed by atoms with van der Waals surface area (Å²) in [6.45, 7) is 8.06. The van der Waals surface area contributed by atoms with Crippen LogP contribution in [0.2, 0.25) is 14.1 Å². The molecule has 0 heterocycles. The van der Waals surface area contributed by atoms with Crippen LogP contribution in [0.25, 0.3) is 0 Å². The molecule has 13 heavy (non-hydrogen) atoms. The summed E-state index contributed by atoms with van der Waals surface area (Å²) in [4.78, 5) is 7.23. The zero-order valence-electron chi connectivity index (χ0n) is 9.19. The van der Waals surface area contributed by atoms with E-state index in [4.69, 9.17) is 0 Å². The second-order valence-electron chi connectivity index (χ2n) is 4.16. The van der Waals surface area contributed by atoms with E-state index < -0.39 is 12.9 Å². The molecular formula is C9H22Br2NSb. The topological polar surface area (TPSA) is 3.24 Å². The van der Waals surface area contributed by atoms with E-state index in [1.165, 1.54) is 30.4 Å². The van der Waals surface area contributed by atoms with Gasteiger partial charge in [-0.15, -0.1) is 0 Å². The van der Waals surface area contributed by atoms with Gasteiger partial charge in [-0.3, -0.25) is 0 Å². The van der Waals surface area contributed by atoms with Crippen LogP contribution in [-0.4, -0.2) is 37.4 Å². The third-order valence-electron chi connectivity index (χ3n) is 2.14. The minimum atomic E-state index is -2.33. The van der Waals surface area contributed by atoms with Crippen molar-refractivity contribution in [3.05, 3.63) is 0 Å². The van der Waals surface area contributed by atoms with Gasteiger partial charge >= 0.3 is 97.0 Å². The molecule has 0 bridgehead atoms. The number of rotatable bonds is 6. The Labute approximate surface area is 96.1 Å². The molecular weight excluding hydrogens is 404 g/mol. The van der Waals surface area contributed by atoms with Crippen molar-refractivity contribution < 1.29 is 0 Å². The first-order chi connectivity index (χ1) is 5.74. The first-order valence-electron chi connectivity index (χ1n) is 4.91. The average molecular weight is 426 g/mol. The molecule has 4 heteroatoms. The summed E-state index contributed by atoms with van der Waals surface area (Å²) in [5, 5.41) is 0. The molecule has 0 saturated heterocycles. The van der Waals surface area contributed by atoms with Gasteiger partial charge < -0.3 is 0 Å². The molecule has 0 rings (SSSR count). The molecule has 0 fully saturated rings. The van der Waals surface area contributed by atoms with Crippen LogP contribution < -0.4 is 0 Å². The second kappa shape index (κ2) is 5.72. The van der Waals surface area contributed by atoms with Gasteiger partial charge in [0.25, 0.3) is 0 Å². The fourth-order valence-corrected chi connectivity index (χ4v) is 7.53. The predicted molar refractivity (Wildman–Crippen MR) is 72.5 cm³/mol. The summed E-state index contributed by atoms with van der Waals surface area (Å²) in [6.07, 6.45) is 1.31. The molecule has 82 valence electrons. The van der Waals surface area contributed by atoms with Crippen LogP contribution in [0.15, 0.2) is 0 Å². The Hall–Kier alpha value is 1.74. The van der Waals surface area contributed by atoms with Crippen LogP contribution in [0.3, 0.4) is 0 Å². The van der Waals surface area contributed by atoms with Crippen molar-refractivity contribution in [3.8, 4) is 0 Å². The van der Waals surface area contributed by atoms with Gasteiger partial charge in [-0.25, -0.2) is 0 Å². The van der Waals surface area contributed by atoms with Gasteiger partial charge in [0.15, 0.2) is 0 Å². The molecule has 0 spiro atoms. The standard InChI is InChI=1S/C7H16N.2CH3.2BrH.Sb/c1-4-7-8(5-2)6-3;;;;;/h1,4-7H2,2-3H3;2*1H3;2*1H;/q;;;;;+2/p-2. The number of hydrogen-bond acceptors (Lipinski definition) is 1.